The molecular weight excluding hydrogens is 398 g/mol. The highest BCUT2D eigenvalue weighted by atomic mass is 32.2. The van der Waals surface area contributed by atoms with Gasteiger partial charge in [0.15, 0.2) is 0 Å². The van der Waals surface area contributed by atoms with Crippen LogP contribution in [0, 0.1) is 0 Å². The zero-order valence-corrected chi connectivity index (χ0v) is 17.9. The predicted molar refractivity (Wildman–Crippen MR) is 117 cm³/mol. The summed E-state index contributed by atoms with van der Waals surface area (Å²) in [5, 5.41) is 4.65. The van der Waals surface area contributed by atoms with Crippen molar-refractivity contribution in [3.05, 3.63) is 39.1 Å². The van der Waals surface area contributed by atoms with Gasteiger partial charge >= 0.3 is 0 Å². The van der Waals surface area contributed by atoms with Crippen LogP contribution in [0.2, 0.25) is 0 Å². The molecule has 0 fully saturated rings. The summed E-state index contributed by atoms with van der Waals surface area (Å²) in [7, 11) is 0. The maximum Gasteiger partial charge on any atom is 0.260 e. The summed E-state index contributed by atoms with van der Waals surface area (Å²) in [5.41, 5.74) is 0.840. The summed E-state index contributed by atoms with van der Waals surface area (Å²) in [6.07, 6.45) is 2.11. The Morgan fingerprint density at radius 2 is 2.19 bits per heavy atom. The van der Waals surface area contributed by atoms with Crippen molar-refractivity contribution >= 4 is 50.6 Å². The second-order valence-electron chi connectivity index (χ2n) is 6.14. The molecule has 0 aromatic carbocycles. The van der Waals surface area contributed by atoms with Gasteiger partial charge in [0.1, 0.15) is 10.7 Å². The number of nitrogens with zero attached hydrogens (tertiary/aromatic N) is 2. The van der Waals surface area contributed by atoms with Crippen LogP contribution < -0.4 is 5.56 Å². The number of nitrogens with one attached hydrogen (secondary N) is 1. The molecule has 0 saturated carbocycles. The van der Waals surface area contributed by atoms with E-state index >= 15 is 0 Å². The van der Waals surface area contributed by atoms with Crippen LogP contribution in [0.4, 0.5) is 0 Å². The van der Waals surface area contributed by atoms with E-state index in [0.717, 1.165) is 41.2 Å². The Morgan fingerprint density at radius 3 is 2.89 bits per heavy atom. The van der Waals surface area contributed by atoms with E-state index in [1.165, 1.54) is 23.1 Å². The minimum atomic E-state index is -0.107. The summed E-state index contributed by atoms with van der Waals surface area (Å²) in [6, 6.07) is 3.99. The number of thioether (sulfide) groups is 1. The van der Waals surface area contributed by atoms with E-state index in [-0.39, 0.29) is 11.5 Å². The Kier molecular flexibility index (Phi) is 7.09. The molecule has 27 heavy (non-hydrogen) atoms. The first kappa shape index (κ1) is 20.1. The number of carbonyl (C=O) groups excluding carboxylic acids is 1. The van der Waals surface area contributed by atoms with Crippen LogP contribution in [0.5, 0.6) is 0 Å². The van der Waals surface area contributed by atoms with E-state index in [0.29, 0.717) is 22.7 Å². The molecule has 1 amide bonds. The summed E-state index contributed by atoms with van der Waals surface area (Å²) in [6.45, 7) is 5.68. The zero-order chi connectivity index (χ0) is 19.2. The lowest BCUT2D eigenvalue weighted by Gasteiger charge is -2.20. The number of amides is 1. The molecule has 3 rings (SSSR count). The first-order valence-corrected chi connectivity index (χ1v) is 11.9. The van der Waals surface area contributed by atoms with Gasteiger partial charge in [-0.15, -0.1) is 34.4 Å². The molecule has 1 N–H and O–H groups in total. The Balaban J connectivity index is 1.66. The van der Waals surface area contributed by atoms with Gasteiger partial charge in [0.2, 0.25) is 5.91 Å². The van der Waals surface area contributed by atoms with E-state index in [4.69, 9.17) is 0 Å². The highest BCUT2D eigenvalue weighted by Gasteiger charge is 2.15. The van der Waals surface area contributed by atoms with Gasteiger partial charge in [0, 0.05) is 28.9 Å². The van der Waals surface area contributed by atoms with E-state index in [9.17, 15) is 9.59 Å². The Labute approximate surface area is 170 Å². The quantitative estimate of drug-likeness (QED) is 0.548. The lowest BCUT2D eigenvalue weighted by Crippen LogP contribution is -2.33. The molecule has 3 aromatic rings. The molecule has 0 aliphatic heterocycles. The van der Waals surface area contributed by atoms with Crippen molar-refractivity contribution in [3.63, 3.8) is 0 Å². The summed E-state index contributed by atoms with van der Waals surface area (Å²) in [4.78, 5) is 36.1. The van der Waals surface area contributed by atoms with Gasteiger partial charge in [-0.05, 0) is 24.8 Å². The van der Waals surface area contributed by atoms with Crippen molar-refractivity contribution in [2.45, 2.75) is 32.4 Å². The zero-order valence-electron chi connectivity index (χ0n) is 15.5. The Morgan fingerprint density at radius 1 is 1.33 bits per heavy atom. The van der Waals surface area contributed by atoms with Crippen LogP contribution in [0.15, 0.2) is 27.7 Å². The average molecular weight is 422 g/mol. The monoisotopic (exact) mass is 421 g/mol. The molecule has 8 heteroatoms. The number of rotatable bonds is 9. The van der Waals surface area contributed by atoms with E-state index in [1.807, 2.05) is 34.7 Å². The minimum absolute atomic E-state index is 0.107. The van der Waals surface area contributed by atoms with Crippen LogP contribution in [-0.2, 0) is 10.5 Å². The number of thiophene rings is 2. The fourth-order valence-corrected chi connectivity index (χ4v) is 5.38. The molecule has 0 aliphatic rings. The molecule has 0 saturated heterocycles. The van der Waals surface area contributed by atoms with Crippen molar-refractivity contribution in [3.8, 4) is 10.4 Å². The first-order valence-electron chi connectivity index (χ1n) is 9.03. The van der Waals surface area contributed by atoms with Crippen LogP contribution >= 0.6 is 34.4 Å². The molecule has 0 radical (unpaired) electrons. The molecule has 5 nitrogen and oxygen atoms in total. The molecular formula is C19H23N3O2S3. The molecule has 0 bridgehead atoms. The molecule has 0 spiro atoms. The van der Waals surface area contributed by atoms with Crippen LogP contribution in [0.1, 0.15) is 32.5 Å². The number of H-pyrrole nitrogens is 1. The Hall–Kier alpha value is -1.64. The summed E-state index contributed by atoms with van der Waals surface area (Å²) >= 11 is 4.60. The van der Waals surface area contributed by atoms with Crippen LogP contribution in [0.25, 0.3) is 20.7 Å². The number of fused-ring (bicyclic) bond motifs is 1. The second-order valence-corrected chi connectivity index (χ2v) is 8.93. The van der Waals surface area contributed by atoms with E-state index in [1.54, 1.807) is 11.3 Å². The van der Waals surface area contributed by atoms with E-state index < -0.39 is 0 Å². The fraction of sp³-hybridized carbons (Fsp3) is 0.421. The standard InChI is InChI=1S/C19H23N3O2S3/c1-3-5-8-22(4-2)16(23)12-25-11-15-20-18(24)17-13(10-27-19(17)21-15)14-7-6-9-26-14/h6-7,9-10H,3-5,8,11-12H2,1-2H3,(H,20,21,24). The second kappa shape index (κ2) is 9.52. The summed E-state index contributed by atoms with van der Waals surface area (Å²) in [5.74, 6) is 1.70. The highest BCUT2D eigenvalue weighted by Crippen LogP contribution is 2.33. The molecule has 0 atom stereocenters. The SMILES string of the molecule is CCCCN(CC)C(=O)CSCc1nc2scc(-c3cccs3)c2c(=O)[nH]1. The molecule has 0 aliphatic carbocycles. The maximum atomic E-state index is 12.6. The third-order valence-electron chi connectivity index (χ3n) is 4.26. The molecule has 0 unspecified atom stereocenters. The van der Waals surface area contributed by atoms with Crippen molar-refractivity contribution in [2.24, 2.45) is 0 Å². The highest BCUT2D eigenvalue weighted by molar-refractivity contribution is 7.99. The number of carbonyl (C=O) groups is 1. The summed E-state index contributed by atoms with van der Waals surface area (Å²) < 4.78 is 0. The number of hydrogen-bond acceptors (Lipinski definition) is 6. The predicted octanol–water partition coefficient (Wildman–Crippen LogP) is 4.59. The number of hydrogen-bond donors (Lipinski definition) is 1. The van der Waals surface area contributed by atoms with Crippen molar-refractivity contribution in [1.29, 1.82) is 0 Å². The maximum absolute atomic E-state index is 12.6. The smallest absolute Gasteiger partial charge is 0.260 e. The normalized spacial score (nSPS) is 11.2. The topological polar surface area (TPSA) is 66.1 Å². The van der Waals surface area contributed by atoms with Gasteiger partial charge < -0.3 is 9.88 Å². The van der Waals surface area contributed by atoms with Crippen molar-refractivity contribution in [1.82, 2.24) is 14.9 Å². The van der Waals surface area contributed by atoms with Gasteiger partial charge in [-0.2, -0.15) is 0 Å². The largest absolute Gasteiger partial charge is 0.342 e. The van der Waals surface area contributed by atoms with Gasteiger partial charge in [-0.25, -0.2) is 4.98 Å². The fourth-order valence-electron chi connectivity index (χ4n) is 2.81. The van der Waals surface area contributed by atoms with Gasteiger partial charge in [-0.3, -0.25) is 9.59 Å². The van der Waals surface area contributed by atoms with Gasteiger partial charge in [0.25, 0.3) is 5.56 Å². The number of aromatic amines is 1. The minimum Gasteiger partial charge on any atom is -0.342 e. The first-order chi connectivity index (χ1) is 13.1. The third kappa shape index (κ3) is 4.80. The van der Waals surface area contributed by atoms with E-state index in [2.05, 4.69) is 16.9 Å². The van der Waals surface area contributed by atoms with Crippen molar-refractivity contribution < 1.29 is 4.79 Å². The molecule has 3 aromatic heterocycles. The molecule has 144 valence electrons. The lowest BCUT2D eigenvalue weighted by molar-refractivity contribution is -0.128. The van der Waals surface area contributed by atoms with Crippen molar-refractivity contribution in [2.75, 3.05) is 18.8 Å². The van der Waals surface area contributed by atoms with Gasteiger partial charge in [0.05, 0.1) is 16.9 Å². The number of unbranched alkanes of at least 4 members (excludes halogenated alkanes) is 1. The van der Waals surface area contributed by atoms with Crippen LogP contribution in [0.3, 0.4) is 0 Å². The third-order valence-corrected chi connectivity index (χ3v) is 6.96. The Bertz CT molecular complexity index is 947. The average Bonchev–Trinajstić information content (AvgIpc) is 3.31. The van der Waals surface area contributed by atoms with Gasteiger partial charge in [-0.1, -0.05) is 19.4 Å². The lowest BCUT2D eigenvalue weighted by atomic mass is 10.2. The molecule has 3 heterocycles. The van der Waals surface area contributed by atoms with Crippen LogP contribution in [-0.4, -0.2) is 39.6 Å². The number of aromatic nitrogens is 2.